The van der Waals surface area contributed by atoms with E-state index in [0.29, 0.717) is 5.92 Å². The molecule has 1 atom stereocenters. The van der Waals surface area contributed by atoms with Crippen molar-refractivity contribution in [1.29, 1.82) is 0 Å². The summed E-state index contributed by atoms with van der Waals surface area (Å²) in [4.78, 5) is 0. The Balaban J connectivity index is 1.90. The lowest BCUT2D eigenvalue weighted by molar-refractivity contribution is -0.0498. The van der Waals surface area contributed by atoms with Crippen LogP contribution in [0.2, 0.25) is 0 Å². The number of ether oxygens (including phenoxy) is 1. The molecular weight excluding hydrogens is 306 g/mol. The van der Waals surface area contributed by atoms with E-state index in [1.807, 2.05) is 0 Å². The van der Waals surface area contributed by atoms with Crippen LogP contribution in [-0.2, 0) is 0 Å². The average molecular weight is 326 g/mol. The van der Waals surface area contributed by atoms with Gasteiger partial charge in [-0.05, 0) is 58.0 Å². The molecule has 0 bridgehead atoms. The molecule has 0 amide bonds. The second kappa shape index (κ2) is 7.00. The molecule has 0 aliphatic carbocycles. The van der Waals surface area contributed by atoms with E-state index in [9.17, 15) is 8.78 Å². The highest BCUT2D eigenvalue weighted by atomic mass is 19.3. The first-order valence-electron chi connectivity index (χ1n) is 8.16. The summed E-state index contributed by atoms with van der Waals surface area (Å²) in [6, 6.07) is 19.6. The summed E-state index contributed by atoms with van der Waals surface area (Å²) in [5.41, 5.74) is 3.39. The Kier molecular flexibility index (Phi) is 4.79. The number of alkyl halides is 2. The van der Waals surface area contributed by atoms with Crippen molar-refractivity contribution in [2.45, 2.75) is 32.8 Å². The van der Waals surface area contributed by atoms with Crippen molar-refractivity contribution in [2.75, 3.05) is 0 Å². The molecule has 0 spiro atoms. The van der Waals surface area contributed by atoms with Crippen molar-refractivity contribution in [3.8, 4) is 16.9 Å². The molecule has 0 radical (unpaired) electrons. The summed E-state index contributed by atoms with van der Waals surface area (Å²) in [7, 11) is 0. The molecule has 3 rings (SSSR count). The van der Waals surface area contributed by atoms with E-state index in [1.165, 1.54) is 16.3 Å². The summed E-state index contributed by atoms with van der Waals surface area (Å²) in [5.74, 6) is 0.726. The van der Waals surface area contributed by atoms with E-state index in [2.05, 4.69) is 55.0 Å². The van der Waals surface area contributed by atoms with E-state index < -0.39 is 6.61 Å². The Labute approximate surface area is 140 Å². The van der Waals surface area contributed by atoms with Crippen molar-refractivity contribution in [1.82, 2.24) is 0 Å². The highest BCUT2D eigenvalue weighted by Gasteiger charge is 2.07. The summed E-state index contributed by atoms with van der Waals surface area (Å²) < 4.78 is 28.8. The van der Waals surface area contributed by atoms with Gasteiger partial charge in [-0.2, -0.15) is 8.78 Å². The molecule has 1 nitrogen and oxygen atoms in total. The first-order valence-corrected chi connectivity index (χ1v) is 8.16. The fourth-order valence-corrected chi connectivity index (χ4v) is 2.81. The van der Waals surface area contributed by atoms with Gasteiger partial charge in [-0.15, -0.1) is 0 Å². The van der Waals surface area contributed by atoms with Crippen LogP contribution < -0.4 is 4.74 Å². The average Bonchev–Trinajstić information content (AvgIpc) is 2.60. The van der Waals surface area contributed by atoms with Gasteiger partial charge in [-0.25, -0.2) is 0 Å². The van der Waals surface area contributed by atoms with Crippen molar-refractivity contribution in [3.63, 3.8) is 0 Å². The predicted molar refractivity (Wildman–Crippen MR) is 94.7 cm³/mol. The third-order valence-corrected chi connectivity index (χ3v) is 4.46. The third-order valence-electron chi connectivity index (χ3n) is 4.46. The maximum absolute atomic E-state index is 12.2. The van der Waals surface area contributed by atoms with Crippen molar-refractivity contribution >= 4 is 10.8 Å². The molecule has 3 aromatic rings. The van der Waals surface area contributed by atoms with E-state index in [-0.39, 0.29) is 5.75 Å². The monoisotopic (exact) mass is 326 g/mol. The summed E-state index contributed by atoms with van der Waals surface area (Å²) in [5, 5.41) is 2.39. The molecule has 3 aromatic carbocycles. The van der Waals surface area contributed by atoms with Gasteiger partial charge in [0.1, 0.15) is 5.75 Å². The van der Waals surface area contributed by atoms with Crippen LogP contribution in [0.1, 0.15) is 31.7 Å². The number of fused-ring (bicyclic) bond motifs is 1. The van der Waals surface area contributed by atoms with Gasteiger partial charge in [-0.1, -0.05) is 56.3 Å². The second-order valence-corrected chi connectivity index (χ2v) is 6.03. The standard InChI is InChI=1S/C21H20F2O/c1-3-14(2)16-4-5-19-13-17(6-7-18(19)12-16)15-8-10-20(11-9-15)24-21(22)23/h4-14,21H,3H2,1-2H3. The number of hydrogen-bond acceptors (Lipinski definition) is 1. The molecule has 3 heteroatoms. The lowest BCUT2D eigenvalue weighted by Gasteiger charge is -2.11. The molecule has 0 N–H and O–H groups in total. The minimum Gasteiger partial charge on any atom is -0.435 e. The quantitative estimate of drug-likeness (QED) is 0.512. The molecule has 124 valence electrons. The van der Waals surface area contributed by atoms with E-state index in [0.717, 1.165) is 17.5 Å². The molecule has 1 unspecified atom stereocenters. The van der Waals surface area contributed by atoms with Crippen LogP contribution in [0.5, 0.6) is 5.75 Å². The number of hydrogen-bond donors (Lipinski definition) is 0. The second-order valence-electron chi connectivity index (χ2n) is 6.03. The van der Waals surface area contributed by atoms with Crippen molar-refractivity contribution in [3.05, 3.63) is 66.2 Å². The van der Waals surface area contributed by atoms with Crippen LogP contribution in [-0.4, -0.2) is 6.61 Å². The predicted octanol–water partition coefficient (Wildman–Crippen LogP) is 6.62. The Bertz CT molecular complexity index is 825. The molecule has 0 aliphatic heterocycles. The molecule has 0 saturated heterocycles. The van der Waals surface area contributed by atoms with Crippen LogP contribution in [0.25, 0.3) is 21.9 Å². The topological polar surface area (TPSA) is 9.23 Å². The zero-order chi connectivity index (χ0) is 17.1. The van der Waals surface area contributed by atoms with Gasteiger partial charge in [0.05, 0.1) is 0 Å². The lowest BCUT2D eigenvalue weighted by Crippen LogP contribution is -2.01. The van der Waals surface area contributed by atoms with E-state index >= 15 is 0 Å². The third kappa shape index (κ3) is 3.56. The van der Waals surface area contributed by atoms with Crippen LogP contribution in [0.3, 0.4) is 0 Å². The molecule has 0 aromatic heterocycles. The Morgan fingerprint density at radius 2 is 1.46 bits per heavy atom. The minimum absolute atomic E-state index is 0.174. The SMILES string of the molecule is CCC(C)c1ccc2cc(-c3ccc(OC(F)F)cc3)ccc2c1. The van der Waals surface area contributed by atoms with Gasteiger partial charge in [0.2, 0.25) is 0 Å². The number of benzene rings is 3. The van der Waals surface area contributed by atoms with E-state index in [1.54, 1.807) is 24.3 Å². The van der Waals surface area contributed by atoms with Gasteiger partial charge < -0.3 is 4.74 Å². The van der Waals surface area contributed by atoms with Gasteiger partial charge in [0.25, 0.3) is 0 Å². The Hall–Kier alpha value is -2.42. The summed E-state index contributed by atoms with van der Waals surface area (Å²) >= 11 is 0. The normalized spacial score (nSPS) is 12.5. The maximum atomic E-state index is 12.2. The Morgan fingerprint density at radius 1 is 0.833 bits per heavy atom. The van der Waals surface area contributed by atoms with Crippen molar-refractivity contribution in [2.24, 2.45) is 0 Å². The van der Waals surface area contributed by atoms with Crippen molar-refractivity contribution < 1.29 is 13.5 Å². The molecule has 0 aliphatic rings. The highest BCUT2D eigenvalue weighted by Crippen LogP contribution is 2.29. The van der Waals surface area contributed by atoms with Crippen LogP contribution >= 0.6 is 0 Å². The molecule has 0 saturated carbocycles. The zero-order valence-electron chi connectivity index (χ0n) is 13.8. The molecular formula is C21H20F2O. The summed E-state index contributed by atoms with van der Waals surface area (Å²) in [6.45, 7) is 1.63. The van der Waals surface area contributed by atoms with Crippen LogP contribution in [0.4, 0.5) is 8.78 Å². The van der Waals surface area contributed by atoms with Crippen LogP contribution in [0, 0.1) is 0 Å². The largest absolute Gasteiger partial charge is 0.435 e. The minimum atomic E-state index is -2.80. The fraction of sp³-hybridized carbons (Fsp3) is 0.238. The van der Waals surface area contributed by atoms with Gasteiger partial charge in [-0.3, -0.25) is 0 Å². The van der Waals surface area contributed by atoms with Crippen LogP contribution in [0.15, 0.2) is 60.7 Å². The number of rotatable bonds is 5. The summed E-state index contributed by atoms with van der Waals surface area (Å²) in [6.07, 6.45) is 1.12. The first kappa shape index (κ1) is 16.4. The molecule has 24 heavy (non-hydrogen) atoms. The first-order chi connectivity index (χ1) is 11.6. The number of halogens is 2. The molecule has 0 fully saturated rings. The van der Waals surface area contributed by atoms with Gasteiger partial charge in [0, 0.05) is 0 Å². The van der Waals surface area contributed by atoms with Gasteiger partial charge in [0.15, 0.2) is 0 Å². The fourth-order valence-electron chi connectivity index (χ4n) is 2.81. The lowest BCUT2D eigenvalue weighted by atomic mass is 9.94. The van der Waals surface area contributed by atoms with E-state index in [4.69, 9.17) is 0 Å². The smallest absolute Gasteiger partial charge is 0.387 e. The maximum Gasteiger partial charge on any atom is 0.387 e. The zero-order valence-corrected chi connectivity index (χ0v) is 13.8. The van der Waals surface area contributed by atoms with Gasteiger partial charge >= 0.3 is 6.61 Å². The Morgan fingerprint density at radius 3 is 2.12 bits per heavy atom. The molecule has 0 heterocycles. The highest BCUT2D eigenvalue weighted by molar-refractivity contribution is 5.88.